The van der Waals surface area contributed by atoms with Crippen molar-refractivity contribution in [2.24, 2.45) is 4.99 Å². The summed E-state index contributed by atoms with van der Waals surface area (Å²) in [6, 6.07) is 13.1. The van der Waals surface area contributed by atoms with E-state index in [0.717, 1.165) is 55.5 Å². The molecule has 0 unspecified atom stereocenters. The number of hydrogen-bond donors (Lipinski definition) is 2. The second-order valence-corrected chi connectivity index (χ2v) is 10.5. The largest absolute Gasteiger partial charge is 0.354 e. The molecule has 188 valence electrons. The number of carbonyl (C=O) groups excluding carboxylic acids is 1. The van der Waals surface area contributed by atoms with Gasteiger partial charge in [0.25, 0.3) is 0 Å². The average molecular weight is 484 g/mol. The average Bonchev–Trinajstić information content (AvgIpc) is 3.49. The second kappa shape index (κ2) is 10.6. The molecular formula is C30H37N5O. The van der Waals surface area contributed by atoms with E-state index >= 15 is 0 Å². The Morgan fingerprint density at radius 3 is 2.50 bits per heavy atom. The van der Waals surface area contributed by atoms with E-state index in [0.29, 0.717) is 12.4 Å². The Balaban J connectivity index is 1.74. The molecule has 1 aliphatic rings. The van der Waals surface area contributed by atoms with Crippen molar-refractivity contribution in [3.8, 4) is 17.5 Å². The maximum Gasteiger partial charge on any atom is 0.232 e. The number of benzene rings is 2. The molecule has 1 fully saturated rings. The molecule has 1 aromatic heterocycles. The molecule has 0 atom stereocenters. The van der Waals surface area contributed by atoms with Crippen LogP contribution in [-0.2, 0) is 16.6 Å². The highest BCUT2D eigenvalue weighted by Gasteiger charge is 2.35. The fourth-order valence-corrected chi connectivity index (χ4v) is 5.32. The number of nitrogens with zero attached hydrogens (tertiary/aromatic N) is 3. The topological polar surface area (TPSA) is 84.3 Å². The van der Waals surface area contributed by atoms with Crippen LogP contribution < -0.4 is 5.32 Å². The number of nitrogens with one attached hydrogen (secondary N) is 2. The quantitative estimate of drug-likeness (QED) is 0.147. The number of fused-ring (bicyclic) bond motifs is 1. The van der Waals surface area contributed by atoms with Gasteiger partial charge in [-0.05, 0) is 101 Å². The van der Waals surface area contributed by atoms with Crippen LogP contribution in [0, 0.1) is 25.3 Å². The van der Waals surface area contributed by atoms with Crippen molar-refractivity contribution in [1.82, 2.24) is 15.2 Å². The summed E-state index contributed by atoms with van der Waals surface area (Å²) in [5.41, 5.74) is 7.57. The SMILES string of the molecule is CC(=NCCCc1c(-c2cc(C)cc(C)c2)[nH]c2ccc(C(C)(C)C(=O)N3CCCC3)cc12)NC#N. The van der Waals surface area contributed by atoms with Crippen LogP contribution in [-0.4, -0.2) is 41.3 Å². The Bertz CT molecular complexity index is 1320. The zero-order chi connectivity index (χ0) is 25.9. The lowest BCUT2D eigenvalue weighted by Gasteiger charge is -2.29. The number of nitriles is 1. The summed E-state index contributed by atoms with van der Waals surface area (Å²) in [5, 5.41) is 12.6. The molecule has 6 nitrogen and oxygen atoms in total. The summed E-state index contributed by atoms with van der Waals surface area (Å²) in [6.07, 6.45) is 5.80. The second-order valence-electron chi connectivity index (χ2n) is 10.5. The number of hydrogen-bond acceptors (Lipinski definition) is 3. The van der Waals surface area contributed by atoms with Crippen LogP contribution in [0.1, 0.15) is 62.3 Å². The number of amides is 1. The molecular weight excluding hydrogens is 446 g/mol. The summed E-state index contributed by atoms with van der Waals surface area (Å²) >= 11 is 0. The van der Waals surface area contributed by atoms with Crippen molar-refractivity contribution in [1.29, 1.82) is 5.26 Å². The summed E-state index contributed by atoms with van der Waals surface area (Å²) in [4.78, 5) is 23.6. The Morgan fingerprint density at radius 2 is 1.83 bits per heavy atom. The molecule has 0 saturated carbocycles. The van der Waals surface area contributed by atoms with Gasteiger partial charge < -0.3 is 9.88 Å². The van der Waals surface area contributed by atoms with E-state index in [-0.39, 0.29) is 5.91 Å². The number of aryl methyl sites for hydroxylation is 3. The molecule has 1 saturated heterocycles. The van der Waals surface area contributed by atoms with Gasteiger partial charge in [-0.1, -0.05) is 23.3 Å². The smallest absolute Gasteiger partial charge is 0.232 e. The van der Waals surface area contributed by atoms with Crippen molar-refractivity contribution in [2.75, 3.05) is 19.6 Å². The van der Waals surface area contributed by atoms with Gasteiger partial charge in [-0.25, -0.2) is 0 Å². The van der Waals surface area contributed by atoms with Crippen LogP contribution in [0.15, 0.2) is 41.4 Å². The van der Waals surface area contributed by atoms with Gasteiger partial charge >= 0.3 is 0 Å². The Morgan fingerprint density at radius 1 is 1.14 bits per heavy atom. The van der Waals surface area contributed by atoms with Crippen molar-refractivity contribution >= 4 is 22.6 Å². The fraction of sp³-hybridized carbons (Fsp3) is 0.433. The van der Waals surface area contributed by atoms with E-state index in [1.165, 1.54) is 27.6 Å². The van der Waals surface area contributed by atoms with Gasteiger partial charge in [-0.2, -0.15) is 5.26 Å². The molecule has 1 aliphatic heterocycles. The van der Waals surface area contributed by atoms with Gasteiger partial charge in [0, 0.05) is 36.2 Å². The first-order valence-electron chi connectivity index (χ1n) is 12.9. The molecule has 4 rings (SSSR count). The third-order valence-electron chi connectivity index (χ3n) is 7.24. The molecule has 6 heteroatoms. The molecule has 0 radical (unpaired) electrons. The van der Waals surface area contributed by atoms with Gasteiger partial charge in [0.15, 0.2) is 6.19 Å². The predicted molar refractivity (Wildman–Crippen MR) is 147 cm³/mol. The molecule has 1 amide bonds. The summed E-state index contributed by atoms with van der Waals surface area (Å²) in [5.74, 6) is 0.844. The van der Waals surface area contributed by atoms with Crippen LogP contribution in [0.5, 0.6) is 0 Å². The monoisotopic (exact) mass is 483 g/mol. The standard InChI is InChI=1S/C30H37N5O/c1-20-15-21(2)17-23(16-20)28-25(9-8-12-32-22(3)33-19-31)26-18-24(10-11-27(26)34-28)30(4,5)29(36)35-13-6-7-14-35/h10-11,15-18,34H,6-9,12-14H2,1-5H3,(H,32,33). The van der Waals surface area contributed by atoms with Gasteiger partial charge in [0.05, 0.1) is 5.41 Å². The zero-order valence-corrected chi connectivity index (χ0v) is 22.2. The third-order valence-corrected chi connectivity index (χ3v) is 7.24. The molecule has 3 aromatic rings. The van der Waals surface area contributed by atoms with Crippen molar-refractivity contribution in [3.63, 3.8) is 0 Å². The Hall–Kier alpha value is -3.59. The number of aromatic nitrogens is 1. The first kappa shape index (κ1) is 25.5. The summed E-state index contributed by atoms with van der Waals surface area (Å²) in [6.45, 7) is 12.5. The molecule has 2 N–H and O–H groups in total. The van der Waals surface area contributed by atoms with Crippen molar-refractivity contribution < 1.29 is 4.79 Å². The molecule has 36 heavy (non-hydrogen) atoms. The van der Waals surface area contributed by atoms with E-state index in [1.54, 1.807) is 0 Å². The maximum absolute atomic E-state index is 13.4. The highest BCUT2D eigenvalue weighted by atomic mass is 16.2. The predicted octanol–water partition coefficient (Wildman–Crippen LogP) is 5.77. The highest BCUT2D eigenvalue weighted by molar-refractivity contribution is 5.94. The first-order chi connectivity index (χ1) is 17.2. The molecule has 0 aliphatic carbocycles. The minimum Gasteiger partial charge on any atom is -0.354 e. The van der Waals surface area contributed by atoms with Crippen molar-refractivity contribution in [3.05, 3.63) is 58.7 Å². The lowest BCUT2D eigenvalue weighted by molar-refractivity contribution is -0.135. The van der Waals surface area contributed by atoms with Crippen LogP contribution in [0.25, 0.3) is 22.2 Å². The Labute approximate surface area is 214 Å². The number of aliphatic imine (C=N–C) groups is 1. The maximum atomic E-state index is 13.4. The zero-order valence-electron chi connectivity index (χ0n) is 22.2. The van der Waals surface area contributed by atoms with Crippen LogP contribution in [0.2, 0.25) is 0 Å². The van der Waals surface area contributed by atoms with Crippen LogP contribution >= 0.6 is 0 Å². The minimum atomic E-state index is -0.586. The number of likely N-dealkylation sites (tertiary alicyclic amines) is 1. The van der Waals surface area contributed by atoms with Crippen LogP contribution in [0.3, 0.4) is 0 Å². The number of rotatable bonds is 7. The van der Waals surface area contributed by atoms with E-state index in [9.17, 15) is 4.79 Å². The van der Waals surface area contributed by atoms with Gasteiger partial charge in [0.2, 0.25) is 5.91 Å². The van der Waals surface area contributed by atoms with Gasteiger partial charge in [0.1, 0.15) is 5.84 Å². The number of carbonyl (C=O) groups is 1. The number of aromatic amines is 1. The van der Waals surface area contributed by atoms with Crippen LogP contribution in [0.4, 0.5) is 0 Å². The molecule has 0 bridgehead atoms. The molecule has 2 heterocycles. The van der Waals surface area contributed by atoms with Gasteiger partial charge in [-0.3, -0.25) is 15.1 Å². The third kappa shape index (κ3) is 5.31. The lowest BCUT2D eigenvalue weighted by atomic mass is 9.82. The normalized spacial score (nSPS) is 14.3. The molecule has 0 spiro atoms. The van der Waals surface area contributed by atoms with Crippen molar-refractivity contribution in [2.45, 2.75) is 65.7 Å². The van der Waals surface area contributed by atoms with E-state index in [4.69, 9.17) is 5.26 Å². The first-order valence-corrected chi connectivity index (χ1v) is 12.9. The Kier molecular flexibility index (Phi) is 7.49. The lowest BCUT2D eigenvalue weighted by Crippen LogP contribution is -2.41. The minimum absolute atomic E-state index is 0.209. The number of H-pyrrole nitrogens is 1. The summed E-state index contributed by atoms with van der Waals surface area (Å²) < 4.78 is 0. The van der Waals surface area contributed by atoms with E-state index in [1.807, 2.05) is 31.9 Å². The van der Waals surface area contributed by atoms with Gasteiger partial charge in [-0.15, -0.1) is 0 Å². The van der Waals surface area contributed by atoms with E-state index in [2.05, 4.69) is 65.5 Å². The number of amidine groups is 1. The summed E-state index contributed by atoms with van der Waals surface area (Å²) in [7, 11) is 0. The van der Waals surface area contributed by atoms with E-state index < -0.39 is 5.41 Å². The fourth-order valence-electron chi connectivity index (χ4n) is 5.32. The molecule has 2 aromatic carbocycles. The highest BCUT2D eigenvalue weighted by Crippen LogP contribution is 2.36.